The van der Waals surface area contributed by atoms with Crippen molar-refractivity contribution >= 4 is 27.1 Å². The van der Waals surface area contributed by atoms with Gasteiger partial charge >= 0.3 is 0 Å². The van der Waals surface area contributed by atoms with Crippen LogP contribution in [0.4, 0.5) is 0 Å². The van der Waals surface area contributed by atoms with Gasteiger partial charge in [-0.25, -0.2) is 0 Å². The highest BCUT2D eigenvalue weighted by molar-refractivity contribution is 6.21. The summed E-state index contributed by atoms with van der Waals surface area (Å²) < 4.78 is 0. The van der Waals surface area contributed by atoms with Gasteiger partial charge in [-0.1, -0.05) is 154 Å². The van der Waals surface area contributed by atoms with Gasteiger partial charge in [0.15, 0.2) is 0 Å². The molecule has 0 aliphatic heterocycles. The van der Waals surface area contributed by atoms with Gasteiger partial charge in [0.2, 0.25) is 0 Å². The molecule has 0 N–H and O–H groups in total. The van der Waals surface area contributed by atoms with Crippen LogP contribution in [0, 0.1) is 0 Å². The number of rotatable bonds is 6. The van der Waals surface area contributed by atoms with Gasteiger partial charge in [-0.2, -0.15) is 0 Å². The summed E-state index contributed by atoms with van der Waals surface area (Å²) in [6.07, 6.45) is 8.64. The predicted molar refractivity (Wildman–Crippen MR) is 171 cm³/mol. The maximum Gasteiger partial charge on any atom is -0.00262 e. The number of hydrogen-bond donors (Lipinski definition) is 0. The van der Waals surface area contributed by atoms with E-state index >= 15 is 0 Å². The molecule has 0 unspecified atom stereocenters. The first-order valence-corrected chi connectivity index (χ1v) is 13.7. The van der Waals surface area contributed by atoms with Crippen LogP contribution >= 0.6 is 0 Å². The molecule has 5 aromatic rings. The van der Waals surface area contributed by atoms with Crippen molar-refractivity contribution in [1.29, 1.82) is 0 Å². The molecule has 0 saturated carbocycles. The molecule has 0 bridgehead atoms. The number of unbranched alkanes of at least 4 members (excludes halogenated alkanes) is 1. The van der Waals surface area contributed by atoms with Crippen molar-refractivity contribution < 1.29 is 0 Å². The highest BCUT2D eigenvalue weighted by Gasteiger charge is 2.17. The second-order valence-corrected chi connectivity index (χ2v) is 9.80. The van der Waals surface area contributed by atoms with Gasteiger partial charge in [-0.05, 0) is 74.8 Å². The van der Waals surface area contributed by atoms with Gasteiger partial charge in [0.1, 0.15) is 0 Å². The minimum atomic E-state index is 1.22. The Kier molecular flexibility index (Phi) is 9.11. The van der Waals surface area contributed by atoms with Crippen molar-refractivity contribution in [2.24, 2.45) is 0 Å². The summed E-state index contributed by atoms with van der Waals surface area (Å²) in [5, 5.41) is 5.10. The van der Waals surface area contributed by atoms with E-state index in [1.807, 2.05) is 12.2 Å². The van der Waals surface area contributed by atoms with Crippen molar-refractivity contribution in [3.8, 4) is 22.3 Å². The van der Waals surface area contributed by atoms with Crippen molar-refractivity contribution in [1.82, 2.24) is 0 Å². The van der Waals surface area contributed by atoms with Gasteiger partial charge in [0.05, 0.1) is 0 Å². The van der Waals surface area contributed by atoms with E-state index in [4.69, 9.17) is 0 Å². The van der Waals surface area contributed by atoms with E-state index in [-0.39, 0.29) is 0 Å². The van der Waals surface area contributed by atoms with Crippen molar-refractivity contribution in [2.75, 3.05) is 0 Å². The lowest BCUT2D eigenvalue weighted by molar-refractivity contribution is 0.886. The molecule has 0 nitrogen and oxygen atoms in total. The smallest absolute Gasteiger partial charge is 0.00262 e. The highest BCUT2D eigenvalue weighted by atomic mass is 14.2. The summed E-state index contributed by atoms with van der Waals surface area (Å²) in [5.74, 6) is 0. The van der Waals surface area contributed by atoms with Crippen LogP contribution in [0.5, 0.6) is 0 Å². The van der Waals surface area contributed by atoms with E-state index in [2.05, 4.69) is 143 Å². The first kappa shape index (κ1) is 26.9. The van der Waals surface area contributed by atoms with Crippen molar-refractivity contribution in [2.45, 2.75) is 40.5 Å². The Balaban J connectivity index is 0.000000786. The number of fused-ring (bicyclic) bond motifs is 2. The minimum absolute atomic E-state index is 1.22. The van der Waals surface area contributed by atoms with Gasteiger partial charge in [0.25, 0.3) is 0 Å². The fourth-order valence-electron chi connectivity index (χ4n) is 4.89. The number of allylic oxidation sites excluding steroid dienone is 5. The number of benzene rings is 5. The molecule has 0 saturated heterocycles. The van der Waals surface area contributed by atoms with Crippen LogP contribution in [-0.2, 0) is 0 Å². The Labute approximate surface area is 228 Å². The van der Waals surface area contributed by atoms with E-state index in [0.717, 1.165) is 0 Å². The largest absolute Gasteiger partial charge is 0.0991 e. The third kappa shape index (κ3) is 5.71. The summed E-state index contributed by atoms with van der Waals surface area (Å²) in [6, 6.07) is 37.3. The molecule has 190 valence electrons. The molecule has 0 fully saturated rings. The standard InChI is InChI=1S/C34H28.C4H10/c1-4-5-18-28(24(2)3)27-21-22-31-32(23-27)34(26-16-10-7-11-17-26)30-20-13-12-19-29(30)33(31)25-14-8-6-9-15-25;1-3-4-2/h4-23H,1H2,2-3H3;3-4H2,1-2H3/b18-5-;. The Bertz CT molecular complexity index is 1580. The monoisotopic (exact) mass is 494 g/mol. The summed E-state index contributed by atoms with van der Waals surface area (Å²) >= 11 is 0. The van der Waals surface area contributed by atoms with E-state index < -0.39 is 0 Å². The molecule has 0 aliphatic rings. The average Bonchev–Trinajstić information content (AvgIpc) is 2.97. The molecule has 0 heteroatoms. The molecular weight excluding hydrogens is 456 g/mol. The SMILES string of the molecule is C=C/C=C\C(=C(C)C)c1ccc2c(-c3ccccc3)c3ccccc3c(-c3ccccc3)c2c1.CCCC. The lowest BCUT2D eigenvalue weighted by Crippen LogP contribution is -1.93. The fraction of sp³-hybridized carbons (Fsp3) is 0.158. The normalized spacial score (nSPS) is 10.8. The Hall–Kier alpha value is -4.16. The molecule has 0 spiro atoms. The number of hydrogen-bond acceptors (Lipinski definition) is 0. The summed E-state index contributed by atoms with van der Waals surface area (Å²) in [5.41, 5.74) is 8.78. The van der Waals surface area contributed by atoms with Crippen LogP contribution < -0.4 is 0 Å². The third-order valence-corrected chi connectivity index (χ3v) is 6.90. The van der Waals surface area contributed by atoms with Crippen LogP contribution in [-0.4, -0.2) is 0 Å². The molecule has 0 aliphatic carbocycles. The first-order chi connectivity index (χ1) is 18.6. The molecule has 0 amide bonds. The zero-order valence-corrected chi connectivity index (χ0v) is 23.2. The van der Waals surface area contributed by atoms with Crippen LogP contribution in [0.2, 0.25) is 0 Å². The zero-order chi connectivity index (χ0) is 26.9. The highest BCUT2D eigenvalue weighted by Crippen LogP contribution is 2.44. The van der Waals surface area contributed by atoms with Crippen molar-refractivity contribution in [3.63, 3.8) is 0 Å². The molecule has 0 atom stereocenters. The van der Waals surface area contributed by atoms with Gasteiger partial charge in [0, 0.05) is 0 Å². The zero-order valence-electron chi connectivity index (χ0n) is 23.2. The molecule has 0 radical (unpaired) electrons. The molecule has 5 aromatic carbocycles. The molecule has 0 heterocycles. The Morgan fingerprint density at radius 2 is 1.08 bits per heavy atom. The average molecular weight is 495 g/mol. The predicted octanol–water partition coefficient (Wildman–Crippen LogP) is 11.7. The minimum Gasteiger partial charge on any atom is -0.0991 e. The van der Waals surface area contributed by atoms with Gasteiger partial charge < -0.3 is 0 Å². The summed E-state index contributed by atoms with van der Waals surface area (Å²) in [7, 11) is 0. The lowest BCUT2D eigenvalue weighted by Gasteiger charge is -2.19. The summed E-state index contributed by atoms with van der Waals surface area (Å²) in [6.45, 7) is 12.6. The van der Waals surface area contributed by atoms with Crippen LogP contribution in [0.3, 0.4) is 0 Å². The molecular formula is C38H38. The topological polar surface area (TPSA) is 0 Å². The Morgan fingerprint density at radius 3 is 1.55 bits per heavy atom. The second-order valence-electron chi connectivity index (χ2n) is 9.80. The lowest BCUT2D eigenvalue weighted by atomic mass is 9.84. The molecule has 38 heavy (non-hydrogen) atoms. The molecule has 0 aromatic heterocycles. The van der Waals surface area contributed by atoms with Crippen LogP contribution in [0.1, 0.15) is 46.1 Å². The first-order valence-electron chi connectivity index (χ1n) is 13.7. The Morgan fingerprint density at radius 1 is 0.605 bits per heavy atom. The van der Waals surface area contributed by atoms with Gasteiger partial charge in [-0.15, -0.1) is 0 Å². The van der Waals surface area contributed by atoms with Gasteiger partial charge in [-0.3, -0.25) is 0 Å². The fourth-order valence-corrected chi connectivity index (χ4v) is 4.89. The maximum absolute atomic E-state index is 3.86. The second kappa shape index (κ2) is 12.9. The maximum atomic E-state index is 3.86. The van der Waals surface area contributed by atoms with E-state index in [1.54, 1.807) is 0 Å². The quantitative estimate of drug-likeness (QED) is 0.163. The van der Waals surface area contributed by atoms with E-state index in [9.17, 15) is 0 Å². The van der Waals surface area contributed by atoms with E-state index in [0.29, 0.717) is 0 Å². The van der Waals surface area contributed by atoms with Crippen molar-refractivity contribution in [3.05, 3.63) is 139 Å². The molecule has 5 rings (SSSR count). The summed E-state index contributed by atoms with van der Waals surface area (Å²) in [4.78, 5) is 0. The van der Waals surface area contributed by atoms with Crippen LogP contribution in [0.15, 0.2) is 134 Å². The van der Waals surface area contributed by atoms with E-state index in [1.165, 1.54) is 73.4 Å². The van der Waals surface area contributed by atoms with Crippen LogP contribution in [0.25, 0.3) is 49.4 Å². The third-order valence-electron chi connectivity index (χ3n) is 6.90.